The van der Waals surface area contributed by atoms with Gasteiger partial charge in [-0.15, -0.1) is 0 Å². The van der Waals surface area contributed by atoms with Gasteiger partial charge in [0.1, 0.15) is 23.0 Å². The highest BCUT2D eigenvalue weighted by Crippen LogP contribution is 2.44. The number of carbonyl (C=O) groups excluding carboxylic acids is 2. The molecule has 1 unspecified atom stereocenters. The summed E-state index contributed by atoms with van der Waals surface area (Å²) in [5, 5.41) is 11.8. The zero-order valence-corrected chi connectivity index (χ0v) is 23.3. The largest absolute Gasteiger partial charge is 0.507 e. The third-order valence-electron chi connectivity index (χ3n) is 6.88. The molecule has 204 valence electrons. The summed E-state index contributed by atoms with van der Waals surface area (Å²) in [6.45, 7) is 8.45. The van der Waals surface area contributed by atoms with Crippen LogP contribution in [-0.2, 0) is 9.59 Å². The van der Waals surface area contributed by atoms with Crippen LogP contribution in [0.1, 0.15) is 61.4 Å². The zero-order chi connectivity index (χ0) is 28.3. The van der Waals surface area contributed by atoms with Crippen molar-refractivity contribution in [3.8, 4) is 17.2 Å². The normalized spacial score (nSPS) is 16.6. The van der Waals surface area contributed by atoms with Gasteiger partial charge in [0.25, 0.3) is 11.7 Å². The second kappa shape index (κ2) is 11.6. The van der Waals surface area contributed by atoms with E-state index in [1.165, 1.54) is 12.0 Å². The number of benzene rings is 3. The van der Waals surface area contributed by atoms with Crippen molar-refractivity contribution in [1.82, 2.24) is 0 Å². The first kappa shape index (κ1) is 27.8. The number of ketones is 1. The maximum Gasteiger partial charge on any atom is 0.300 e. The van der Waals surface area contributed by atoms with Crippen molar-refractivity contribution in [2.45, 2.75) is 46.1 Å². The van der Waals surface area contributed by atoms with Gasteiger partial charge in [-0.05, 0) is 72.4 Å². The Morgan fingerprint density at radius 2 is 1.69 bits per heavy atom. The summed E-state index contributed by atoms with van der Waals surface area (Å²) in [4.78, 5) is 28.7. The number of amides is 1. The summed E-state index contributed by atoms with van der Waals surface area (Å²) in [6, 6.07) is 17.1. The Bertz CT molecular complexity index is 1420. The van der Waals surface area contributed by atoms with Gasteiger partial charge >= 0.3 is 0 Å². The van der Waals surface area contributed by atoms with Gasteiger partial charge in [0.05, 0.1) is 32.4 Å². The number of carbonyl (C=O) groups is 2. The van der Waals surface area contributed by atoms with E-state index < -0.39 is 17.7 Å². The fraction of sp³-hybridized carbons (Fsp3) is 0.312. The predicted molar refractivity (Wildman–Crippen MR) is 152 cm³/mol. The lowest BCUT2D eigenvalue weighted by Gasteiger charge is -2.26. The van der Waals surface area contributed by atoms with Crippen LogP contribution in [0.15, 0.2) is 66.2 Å². The first-order chi connectivity index (χ1) is 18.7. The molecule has 1 aliphatic rings. The summed E-state index contributed by atoms with van der Waals surface area (Å²) < 4.78 is 16.8. The summed E-state index contributed by atoms with van der Waals surface area (Å²) >= 11 is 0. The molecule has 3 aromatic rings. The van der Waals surface area contributed by atoms with Crippen molar-refractivity contribution in [2.75, 3.05) is 25.7 Å². The number of nitrogens with zero attached hydrogens (tertiary/aromatic N) is 1. The molecule has 0 radical (unpaired) electrons. The number of aryl methyl sites for hydroxylation is 1. The standard InChI is InChI=1S/C32H35NO6/c1-7-14-39-24-13-8-10-21(16-24)29-28(30(34)26-18-25(19(2)3)27(38-6)15-20(26)4)31(35)32(36)33(29)22-11-9-12-23(17-22)37-5/h8-13,15-19,29,34H,7,14H2,1-6H3/b30-28+. The summed E-state index contributed by atoms with van der Waals surface area (Å²) in [5.74, 6) is 0.244. The number of hydrogen-bond acceptors (Lipinski definition) is 6. The molecule has 0 aliphatic carbocycles. The zero-order valence-electron chi connectivity index (χ0n) is 23.3. The molecule has 1 N–H and O–H groups in total. The first-order valence-corrected chi connectivity index (χ1v) is 13.1. The van der Waals surface area contributed by atoms with Gasteiger partial charge in [-0.1, -0.05) is 39.0 Å². The molecule has 1 amide bonds. The lowest BCUT2D eigenvalue weighted by molar-refractivity contribution is -0.132. The Morgan fingerprint density at radius 3 is 2.36 bits per heavy atom. The molecule has 1 fully saturated rings. The maximum atomic E-state index is 13.7. The van der Waals surface area contributed by atoms with Crippen LogP contribution < -0.4 is 19.1 Å². The molecule has 1 saturated heterocycles. The fourth-order valence-electron chi connectivity index (χ4n) is 4.90. The van der Waals surface area contributed by atoms with E-state index in [1.807, 2.05) is 64.1 Å². The number of Topliss-reactive ketones (excluding diaryl/α,β-unsaturated/α-hetero) is 1. The highest BCUT2D eigenvalue weighted by Gasteiger charge is 2.47. The molecule has 1 aliphatic heterocycles. The van der Waals surface area contributed by atoms with Crippen LogP contribution in [0.25, 0.3) is 5.76 Å². The minimum Gasteiger partial charge on any atom is -0.507 e. The fourth-order valence-corrected chi connectivity index (χ4v) is 4.90. The van der Waals surface area contributed by atoms with E-state index in [0.29, 0.717) is 40.7 Å². The van der Waals surface area contributed by atoms with Gasteiger partial charge in [-0.2, -0.15) is 0 Å². The molecule has 0 spiro atoms. The molecule has 3 aromatic carbocycles. The van der Waals surface area contributed by atoms with Gasteiger partial charge in [-0.25, -0.2) is 0 Å². The molecule has 7 heteroatoms. The number of anilines is 1. The number of rotatable bonds is 9. The average Bonchev–Trinajstić information content (AvgIpc) is 3.21. The number of aliphatic hydroxyl groups is 1. The van der Waals surface area contributed by atoms with Crippen molar-refractivity contribution in [2.24, 2.45) is 0 Å². The molecule has 7 nitrogen and oxygen atoms in total. The third kappa shape index (κ3) is 5.35. The van der Waals surface area contributed by atoms with Gasteiger partial charge in [0.15, 0.2) is 0 Å². The number of aliphatic hydroxyl groups excluding tert-OH is 1. The SMILES string of the molecule is CCCOc1cccc(C2/C(=C(\O)c3cc(C(C)C)c(OC)cc3C)C(=O)C(=O)N2c2cccc(OC)c2)c1. The second-order valence-electron chi connectivity index (χ2n) is 9.86. The predicted octanol–water partition coefficient (Wildman–Crippen LogP) is 6.55. The molecular weight excluding hydrogens is 494 g/mol. The lowest BCUT2D eigenvalue weighted by atomic mass is 9.91. The van der Waals surface area contributed by atoms with Gasteiger partial charge < -0.3 is 19.3 Å². The number of hydrogen-bond donors (Lipinski definition) is 1. The molecule has 1 atom stereocenters. The number of methoxy groups -OCH3 is 2. The van der Waals surface area contributed by atoms with E-state index in [2.05, 4.69) is 0 Å². The molecule has 0 saturated carbocycles. The van der Waals surface area contributed by atoms with Crippen LogP contribution in [0, 0.1) is 6.92 Å². The topological polar surface area (TPSA) is 85.3 Å². The third-order valence-corrected chi connectivity index (χ3v) is 6.88. The minimum atomic E-state index is -0.883. The van der Waals surface area contributed by atoms with Crippen molar-refractivity contribution in [3.05, 3.63) is 88.5 Å². The van der Waals surface area contributed by atoms with Crippen LogP contribution in [0.2, 0.25) is 0 Å². The second-order valence-corrected chi connectivity index (χ2v) is 9.86. The highest BCUT2D eigenvalue weighted by atomic mass is 16.5. The first-order valence-electron chi connectivity index (χ1n) is 13.1. The Balaban J connectivity index is 1.97. The quantitative estimate of drug-likeness (QED) is 0.192. The van der Waals surface area contributed by atoms with E-state index in [-0.39, 0.29) is 17.3 Å². The average molecular weight is 530 g/mol. The highest BCUT2D eigenvalue weighted by molar-refractivity contribution is 6.51. The number of ether oxygens (including phenoxy) is 3. The van der Waals surface area contributed by atoms with E-state index in [4.69, 9.17) is 14.2 Å². The van der Waals surface area contributed by atoms with E-state index in [1.54, 1.807) is 31.4 Å². The van der Waals surface area contributed by atoms with E-state index in [9.17, 15) is 14.7 Å². The summed E-state index contributed by atoms with van der Waals surface area (Å²) in [6.07, 6.45) is 0.835. The van der Waals surface area contributed by atoms with Crippen molar-refractivity contribution >= 4 is 23.1 Å². The Hall–Kier alpha value is -4.26. The molecule has 0 bridgehead atoms. The molecular formula is C32H35NO6. The minimum absolute atomic E-state index is 0.0124. The molecule has 4 rings (SSSR count). The van der Waals surface area contributed by atoms with Crippen LogP contribution in [0.5, 0.6) is 17.2 Å². The Labute approximate surface area is 229 Å². The van der Waals surface area contributed by atoms with Crippen LogP contribution in [0.3, 0.4) is 0 Å². The monoisotopic (exact) mass is 529 g/mol. The maximum absolute atomic E-state index is 13.7. The smallest absolute Gasteiger partial charge is 0.300 e. The van der Waals surface area contributed by atoms with Crippen LogP contribution in [0.4, 0.5) is 5.69 Å². The van der Waals surface area contributed by atoms with E-state index >= 15 is 0 Å². The van der Waals surface area contributed by atoms with Crippen molar-refractivity contribution < 1.29 is 28.9 Å². The van der Waals surface area contributed by atoms with Gasteiger partial charge in [0, 0.05) is 17.3 Å². The summed E-state index contributed by atoms with van der Waals surface area (Å²) in [5.41, 5.74) is 3.22. The van der Waals surface area contributed by atoms with Gasteiger partial charge in [0.2, 0.25) is 0 Å². The van der Waals surface area contributed by atoms with Crippen LogP contribution >= 0.6 is 0 Å². The van der Waals surface area contributed by atoms with Crippen molar-refractivity contribution in [1.29, 1.82) is 0 Å². The lowest BCUT2D eigenvalue weighted by Crippen LogP contribution is -2.29. The Kier molecular flexibility index (Phi) is 8.29. The molecule has 39 heavy (non-hydrogen) atoms. The molecule has 1 heterocycles. The van der Waals surface area contributed by atoms with E-state index in [0.717, 1.165) is 17.5 Å². The van der Waals surface area contributed by atoms with Crippen LogP contribution in [-0.4, -0.2) is 37.6 Å². The van der Waals surface area contributed by atoms with Gasteiger partial charge in [-0.3, -0.25) is 14.5 Å². The van der Waals surface area contributed by atoms with Crippen molar-refractivity contribution in [3.63, 3.8) is 0 Å². The molecule has 0 aromatic heterocycles. The Morgan fingerprint density at radius 1 is 0.974 bits per heavy atom. The summed E-state index contributed by atoms with van der Waals surface area (Å²) in [7, 11) is 3.14.